The predicted octanol–water partition coefficient (Wildman–Crippen LogP) is 1.82. The van der Waals surface area contributed by atoms with Crippen LogP contribution in [0.3, 0.4) is 0 Å². The van der Waals surface area contributed by atoms with Crippen LogP contribution in [0, 0.1) is 17.8 Å². The maximum Gasteiger partial charge on any atom is 0.414 e. The summed E-state index contributed by atoms with van der Waals surface area (Å²) >= 11 is 0. The van der Waals surface area contributed by atoms with Crippen molar-refractivity contribution in [3.63, 3.8) is 0 Å². The van der Waals surface area contributed by atoms with E-state index in [0.29, 0.717) is 11.3 Å². The zero-order valence-corrected chi connectivity index (χ0v) is 26.7. The molecule has 15 heteroatoms. The first-order valence-electron chi connectivity index (χ1n) is 15.4. The molecule has 7 N–H and O–H groups in total. The van der Waals surface area contributed by atoms with Gasteiger partial charge in [-0.25, -0.2) is 4.79 Å². The molecule has 1 aromatic carbocycles. The van der Waals surface area contributed by atoms with Gasteiger partial charge in [-0.1, -0.05) is 12.8 Å². The van der Waals surface area contributed by atoms with Crippen LogP contribution < -0.4 is 16.0 Å². The highest BCUT2D eigenvalue weighted by molar-refractivity contribution is 6.25. The summed E-state index contributed by atoms with van der Waals surface area (Å²) in [5, 5.41) is 47.9. The van der Waals surface area contributed by atoms with Crippen molar-refractivity contribution >= 4 is 40.9 Å². The normalized spacial score (nSPS) is 25.7. The van der Waals surface area contributed by atoms with Gasteiger partial charge in [-0.05, 0) is 63.2 Å². The average molecular weight is 657 g/mol. The number of ether oxygens (including phenoxy) is 2. The smallest absolute Gasteiger partial charge is 0.414 e. The van der Waals surface area contributed by atoms with Crippen LogP contribution in [0.4, 0.5) is 16.2 Å². The quantitative estimate of drug-likeness (QED) is 0.102. The van der Waals surface area contributed by atoms with Gasteiger partial charge in [0.05, 0.1) is 17.3 Å². The maximum absolute atomic E-state index is 14.1. The molecule has 0 unspecified atom stereocenters. The molecule has 0 aromatic heterocycles. The predicted molar refractivity (Wildman–Crippen MR) is 166 cm³/mol. The van der Waals surface area contributed by atoms with Crippen molar-refractivity contribution < 1.29 is 53.9 Å². The average Bonchev–Trinajstić information content (AvgIpc) is 3.48. The van der Waals surface area contributed by atoms with Crippen LogP contribution in [0.25, 0.3) is 0 Å². The first-order chi connectivity index (χ1) is 22.1. The van der Waals surface area contributed by atoms with Gasteiger partial charge >= 0.3 is 12.1 Å². The molecule has 0 spiro atoms. The summed E-state index contributed by atoms with van der Waals surface area (Å²) in [5.41, 5.74) is 1.68. The van der Waals surface area contributed by atoms with Gasteiger partial charge in [0.25, 0.3) is 5.91 Å². The van der Waals surface area contributed by atoms with Crippen molar-refractivity contribution in [2.75, 3.05) is 45.2 Å². The molecular weight excluding hydrogens is 616 g/mol. The molecule has 4 aliphatic rings. The Morgan fingerprint density at radius 3 is 2.32 bits per heavy atom. The van der Waals surface area contributed by atoms with Crippen molar-refractivity contribution in [1.29, 1.82) is 0 Å². The molecule has 0 aliphatic heterocycles. The number of primary amides is 1. The number of nitrogens with zero attached hydrogens (tertiary/aromatic N) is 2. The molecule has 1 aromatic rings. The largest absolute Gasteiger partial charge is 0.510 e. The summed E-state index contributed by atoms with van der Waals surface area (Å²) in [4.78, 5) is 67.6. The molecule has 0 heterocycles. The monoisotopic (exact) mass is 656 g/mol. The summed E-state index contributed by atoms with van der Waals surface area (Å²) in [5.74, 6) is -8.05. The SMILES string of the molecule is CN(C)c1cc(NC(=O)OCOC(=O)CC2CCCC2)c(O)c2c1C[C@H]1C[C@H]3[C@H](N(C)C)C(O)=C(C(N)=O)C(=O)[C@@]3(O)C(O)=C1C2=O. The minimum Gasteiger partial charge on any atom is -0.510 e. The summed E-state index contributed by atoms with van der Waals surface area (Å²) in [6, 6.07) is 0.324. The number of amides is 2. The Morgan fingerprint density at radius 2 is 1.72 bits per heavy atom. The number of rotatable bonds is 8. The Balaban J connectivity index is 1.47. The number of aliphatic hydroxyl groups excluding tert-OH is 2. The number of allylic oxidation sites excluding steroid dienone is 1. The van der Waals surface area contributed by atoms with Crippen LogP contribution in [-0.4, -0.2) is 101 Å². The summed E-state index contributed by atoms with van der Waals surface area (Å²) in [7, 11) is 6.47. The molecule has 254 valence electrons. The number of esters is 1. The minimum absolute atomic E-state index is 0.0643. The van der Waals surface area contributed by atoms with Crippen molar-refractivity contribution in [3.8, 4) is 5.75 Å². The molecule has 2 amide bonds. The van der Waals surface area contributed by atoms with Crippen LogP contribution in [0.2, 0.25) is 0 Å². The molecule has 1 fully saturated rings. The Kier molecular flexibility index (Phi) is 8.99. The third-order valence-corrected chi connectivity index (χ3v) is 9.76. The van der Waals surface area contributed by atoms with E-state index in [1.165, 1.54) is 11.0 Å². The molecular formula is C32H40N4O11. The Morgan fingerprint density at radius 1 is 1.06 bits per heavy atom. The number of nitrogens with one attached hydrogen (secondary N) is 1. The Bertz CT molecular complexity index is 1610. The van der Waals surface area contributed by atoms with Gasteiger partial charge < -0.3 is 40.5 Å². The fraction of sp³-hybridized carbons (Fsp3) is 0.531. The molecule has 4 aliphatic carbocycles. The highest BCUT2D eigenvalue weighted by atomic mass is 16.7. The van der Waals surface area contributed by atoms with E-state index < -0.39 is 82.6 Å². The lowest BCUT2D eigenvalue weighted by Gasteiger charge is -2.50. The molecule has 47 heavy (non-hydrogen) atoms. The van der Waals surface area contributed by atoms with E-state index >= 15 is 0 Å². The van der Waals surface area contributed by atoms with E-state index in [-0.39, 0.29) is 42.0 Å². The number of Topliss-reactive ketones (excluding diaryl/α,β-unsaturated/α-hetero) is 2. The van der Waals surface area contributed by atoms with Crippen LogP contribution in [0.15, 0.2) is 28.7 Å². The van der Waals surface area contributed by atoms with E-state index in [1.807, 2.05) is 0 Å². The van der Waals surface area contributed by atoms with E-state index in [0.717, 1.165) is 25.7 Å². The molecule has 0 bridgehead atoms. The fourth-order valence-corrected chi connectivity index (χ4v) is 7.60. The number of carbonyl (C=O) groups excluding carboxylic acids is 5. The molecule has 5 rings (SSSR count). The first-order valence-corrected chi connectivity index (χ1v) is 15.4. The number of anilines is 2. The second-order valence-electron chi connectivity index (χ2n) is 13.0. The number of hydrogen-bond donors (Lipinski definition) is 6. The number of benzene rings is 1. The molecule has 1 saturated carbocycles. The van der Waals surface area contributed by atoms with E-state index in [9.17, 15) is 44.4 Å². The van der Waals surface area contributed by atoms with Crippen LogP contribution >= 0.6 is 0 Å². The number of aliphatic hydroxyl groups is 3. The fourth-order valence-electron chi connectivity index (χ4n) is 7.60. The number of nitrogens with two attached hydrogens (primary N) is 1. The van der Waals surface area contributed by atoms with Gasteiger partial charge in [-0.3, -0.25) is 29.4 Å². The summed E-state index contributed by atoms with van der Waals surface area (Å²) < 4.78 is 9.99. The first kappa shape index (κ1) is 33.7. The summed E-state index contributed by atoms with van der Waals surface area (Å²) in [6.07, 6.45) is 3.16. The van der Waals surface area contributed by atoms with Gasteiger partial charge in [-0.2, -0.15) is 0 Å². The third kappa shape index (κ3) is 5.67. The number of hydrogen-bond acceptors (Lipinski definition) is 13. The van der Waals surface area contributed by atoms with Gasteiger partial charge in [0.2, 0.25) is 12.6 Å². The lowest BCUT2D eigenvalue weighted by atomic mass is 9.58. The standard InChI is InChI=1S/C32H40N4O11/c1-35(2)19-12-18(34-31(44)47-13-46-20(37)9-14-7-5-6-8-14)25(38)22-16(19)10-15-11-17-24(36(3)4)27(40)23(30(33)43)29(42)32(17,45)28(41)21(15)26(22)39/h12,14-15,17,24,38,40-41,45H,5-11,13H2,1-4H3,(H2,33,43)(H,34,44)/t15-,17-,24-,32-/m0/s1. The lowest BCUT2D eigenvalue weighted by Crippen LogP contribution is -2.63. The van der Waals surface area contributed by atoms with E-state index in [1.54, 1.807) is 33.1 Å². The number of likely N-dealkylation sites (N-methyl/N-ethyl adjacent to an activating group) is 1. The molecule has 0 saturated heterocycles. The molecule has 0 radical (unpaired) electrons. The second kappa shape index (κ2) is 12.5. The highest BCUT2D eigenvalue weighted by Gasteiger charge is 2.63. The van der Waals surface area contributed by atoms with Crippen LogP contribution in [-0.2, 0) is 30.3 Å². The number of phenolic OH excluding ortho intramolecular Hbond substituents is 1. The summed E-state index contributed by atoms with van der Waals surface area (Å²) in [6.45, 7) is -0.663. The van der Waals surface area contributed by atoms with Gasteiger partial charge in [0.15, 0.2) is 17.1 Å². The number of ketones is 2. The minimum atomic E-state index is -2.78. The maximum atomic E-state index is 14.1. The van der Waals surface area contributed by atoms with Crippen LogP contribution in [0.1, 0.15) is 54.4 Å². The topological polar surface area (TPSA) is 229 Å². The Labute approximate surface area is 270 Å². The van der Waals surface area contributed by atoms with E-state index in [4.69, 9.17) is 15.2 Å². The Hall–Kier alpha value is -4.63. The third-order valence-electron chi connectivity index (χ3n) is 9.76. The number of fused-ring (bicyclic) bond motifs is 3. The van der Waals surface area contributed by atoms with Crippen molar-refractivity contribution in [3.05, 3.63) is 39.9 Å². The molecule has 15 nitrogen and oxygen atoms in total. The number of aromatic hydroxyl groups is 1. The number of carbonyl (C=O) groups is 5. The van der Waals surface area contributed by atoms with Gasteiger partial charge in [0.1, 0.15) is 17.1 Å². The highest BCUT2D eigenvalue weighted by Crippen LogP contribution is 2.54. The van der Waals surface area contributed by atoms with Gasteiger partial charge in [-0.15, -0.1) is 0 Å². The zero-order valence-electron chi connectivity index (χ0n) is 26.7. The van der Waals surface area contributed by atoms with Crippen LogP contribution in [0.5, 0.6) is 5.75 Å². The zero-order chi connectivity index (χ0) is 34.5. The molecule has 4 atom stereocenters. The van der Waals surface area contributed by atoms with Crippen molar-refractivity contribution in [2.45, 2.75) is 56.6 Å². The second-order valence-corrected chi connectivity index (χ2v) is 13.0. The van der Waals surface area contributed by atoms with Crippen molar-refractivity contribution in [2.24, 2.45) is 23.5 Å². The van der Waals surface area contributed by atoms with E-state index in [2.05, 4.69) is 5.32 Å². The van der Waals surface area contributed by atoms with Gasteiger partial charge in [0, 0.05) is 37.7 Å². The van der Waals surface area contributed by atoms with Crippen molar-refractivity contribution in [1.82, 2.24) is 4.90 Å². The lowest BCUT2D eigenvalue weighted by molar-refractivity contribution is -0.152. The number of phenols is 1.